The van der Waals surface area contributed by atoms with Crippen LogP contribution in [0.2, 0.25) is 0 Å². The number of halogens is 1. The fourth-order valence-corrected chi connectivity index (χ4v) is 6.33. The Morgan fingerprint density at radius 2 is 0.656 bits per heavy atom. The summed E-state index contributed by atoms with van der Waals surface area (Å²) in [6, 6.07) is 16.3. The lowest BCUT2D eigenvalue weighted by molar-refractivity contribution is 0.267. The van der Waals surface area contributed by atoms with E-state index >= 15 is 0 Å². The van der Waals surface area contributed by atoms with E-state index in [0.29, 0.717) is 13.2 Å². The fourth-order valence-electron chi connectivity index (χ4n) is 6.04. The van der Waals surface area contributed by atoms with Crippen LogP contribution in [0.1, 0.15) is 145 Å². The SMILES string of the molecule is C#CC#CC#CC#CC#CC#CC#CC#CC#CC#CC#COCCCCCCCCCCCCOc1ccc(C(Cl)c2ccc(OCCCCCCCCCCCCO)cc2)cc1. The number of benzene rings is 2. The van der Waals surface area contributed by atoms with Crippen molar-refractivity contribution in [3.05, 3.63) is 59.7 Å². The Morgan fingerprint density at radius 1 is 0.375 bits per heavy atom. The number of aliphatic hydroxyl groups excluding tert-OH is 1. The monoisotopic (exact) mass is 866 g/mol. The largest absolute Gasteiger partial charge is 0.494 e. The highest BCUT2D eigenvalue weighted by Gasteiger charge is 2.11. The van der Waals surface area contributed by atoms with E-state index in [-0.39, 0.29) is 5.38 Å². The van der Waals surface area contributed by atoms with Crippen LogP contribution in [0.25, 0.3) is 0 Å². The molecule has 0 fully saturated rings. The molecule has 0 heterocycles. The van der Waals surface area contributed by atoms with Crippen molar-refractivity contribution < 1.29 is 19.3 Å². The Labute approximate surface area is 391 Å². The van der Waals surface area contributed by atoms with E-state index in [1.54, 1.807) is 0 Å². The molecule has 2 aromatic carbocycles. The summed E-state index contributed by atoms with van der Waals surface area (Å²) >= 11 is 6.84. The third-order valence-corrected chi connectivity index (χ3v) is 9.90. The zero-order chi connectivity index (χ0) is 45.5. The average molecular weight is 868 g/mol. The molecule has 0 radical (unpaired) electrons. The van der Waals surface area contributed by atoms with Crippen LogP contribution in [0.3, 0.4) is 0 Å². The van der Waals surface area contributed by atoms with Gasteiger partial charge < -0.3 is 19.3 Å². The quantitative estimate of drug-likeness (QED) is 0.0503. The van der Waals surface area contributed by atoms with Gasteiger partial charge in [-0.15, -0.1) is 18.0 Å². The number of aliphatic hydroxyl groups is 1. The van der Waals surface area contributed by atoms with Crippen molar-refractivity contribution in [2.24, 2.45) is 0 Å². The zero-order valence-electron chi connectivity index (χ0n) is 37.3. The molecule has 4 nitrogen and oxygen atoms in total. The number of ether oxygens (including phenoxy) is 3. The van der Waals surface area contributed by atoms with Crippen LogP contribution >= 0.6 is 11.6 Å². The molecular formula is C59H59ClO4. The van der Waals surface area contributed by atoms with Crippen LogP contribution in [0.5, 0.6) is 11.5 Å². The van der Waals surface area contributed by atoms with E-state index in [2.05, 4.69) is 149 Å². The van der Waals surface area contributed by atoms with E-state index in [1.807, 2.05) is 24.3 Å². The summed E-state index contributed by atoms with van der Waals surface area (Å²) in [5, 5.41) is 8.62. The van der Waals surface area contributed by atoms with Crippen molar-refractivity contribution in [3.8, 4) is 142 Å². The van der Waals surface area contributed by atoms with E-state index in [1.165, 1.54) is 89.9 Å². The molecule has 2 aromatic rings. The van der Waals surface area contributed by atoms with Gasteiger partial charge in [0.2, 0.25) is 0 Å². The minimum atomic E-state index is -0.222. The van der Waals surface area contributed by atoms with Gasteiger partial charge in [0.15, 0.2) is 0 Å². The van der Waals surface area contributed by atoms with Gasteiger partial charge in [-0.2, -0.15) is 0 Å². The highest BCUT2D eigenvalue weighted by molar-refractivity contribution is 6.22. The molecular weight excluding hydrogens is 808 g/mol. The number of terminal acetylenes is 1. The number of unbranched alkanes of at least 4 members (excludes halogenated alkanes) is 18. The maximum absolute atomic E-state index is 8.85. The van der Waals surface area contributed by atoms with Crippen molar-refractivity contribution in [2.75, 3.05) is 26.4 Å². The minimum Gasteiger partial charge on any atom is -0.494 e. The lowest BCUT2D eigenvalue weighted by Crippen LogP contribution is -1.99. The summed E-state index contributed by atoms with van der Waals surface area (Å²) in [5.74, 6) is 51.9. The second-order valence-corrected chi connectivity index (χ2v) is 14.9. The standard InChI is InChI=1S/C59H59ClO4/c1-2-3-4-5-6-7-8-9-10-11-12-13-14-15-16-18-23-28-33-38-51-62-52-39-34-29-24-20-21-26-31-36-41-54-64-58-48-44-56(45-49-58)59(60)55-42-46-57(47-43-55)63-53-40-35-30-25-19-17-22-27-32-37-50-61/h1,42-49,59,61H,17,19-22,24-27,29-32,34-37,39-41,50,52-54H2. The smallest absolute Gasteiger partial charge is 0.124 e. The van der Waals surface area contributed by atoms with Crippen LogP contribution in [0.4, 0.5) is 0 Å². The van der Waals surface area contributed by atoms with E-state index in [4.69, 9.17) is 37.3 Å². The Morgan fingerprint density at radius 3 is 0.984 bits per heavy atom. The first-order valence-electron chi connectivity index (χ1n) is 22.5. The highest BCUT2D eigenvalue weighted by Crippen LogP contribution is 2.31. The van der Waals surface area contributed by atoms with Gasteiger partial charge in [-0.25, -0.2) is 0 Å². The molecule has 0 aliphatic heterocycles. The van der Waals surface area contributed by atoms with Gasteiger partial charge in [0.1, 0.15) is 24.2 Å². The van der Waals surface area contributed by atoms with Crippen LogP contribution in [-0.4, -0.2) is 31.5 Å². The van der Waals surface area contributed by atoms with Gasteiger partial charge >= 0.3 is 0 Å². The molecule has 0 aromatic heterocycles. The predicted molar refractivity (Wildman–Crippen MR) is 264 cm³/mol. The van der Waals surface area contributed by atoms with Gasteiger partial charge in [0.05, 0.1) is 18.6 Å². The van der Waals surface area contributed by atoms with E-state index < -0.39 is 0 Å². The lowest BCUT2D eigenvalue weighted by atomic mass is 10.0. The summed E-state index contributed by atoms with van der Waals surface area (Å²) in [6.07, 6.45) is 31.6. The second-order valence-electron chi connectivity index (χ2n) is 14.5. The average Bonchev–Trinajstić information content (AvgIpc) is 3.32. The zero-order valence-corrected chi connectivity index (χ0v) is 38.0. The molecule has 1 N–H and O–H groups in total. The van der Waals surface area contributed by atoms with Crippen LogP contribution in [-0.2, 0) is 4.74 Å². The molecule has 64 heavy (non-hydrogen) atoms. The molecule has 5 heteroatoms. The summed E-state index contributed by atoms with van der Waals surface area (Å²) in [4.78, 5) is 0. The summed E-state index contributed by atoms with van der Waals surface area (Å²) in [7, 11) is 0. The van der Waals surface area contributed by atoms with Crippen LogP contribution < -0.4 is 9.47 Å². The Kier molecular flexibility index (Phi) is 34.7. The number of hydrogen-bond acceptors (Lipinski definition) is 4. The molecule has 0 bridgehead atoms. The van der Waals surface area contributed by atoms with Crippen molar-refractivity contribution in [3.63, 3.8) is 0 Å². The predicted octanol–water partition coefficient (Wildman–Crippen LogP) is 11.2. The molecule has 0 spiro atoms. The molecule has 326 valence electrons. The highest BCUT2D eigenvalue weighted by atomic mass is 35.5. The van der Waals surface area contributed by atoms with Gasteiger partial charge in [0.25, 0.3) is 0 Å². The van der Waals surface area contributed by atoms with Gasteiger partial charge in [-0.3, -0.25) is 0 Å². The number of hydrogen-bond donors (Lipinski definition) is 1. The summed E-state index contributed by atoms with van der Waals surface area (Å²) in [6.45, 7) is 2.41. The lowest BCUT2D eigenvalue weighted by Gasteiger charge is -2.13. The molecule has 0 amide bonds. The Bertz CT molecular complexity index is 2320. The Balaban J connectivity index is 1.42. The van der Waals surface area contributed by atoms with E-state index in [9.17, 15) is 0 Å². The van der Waals surface area contributed by atoms with Crippen LogP contribution in [0.15, 0.2) is 48.5 Å². The first-order valence-corrected chi connectivity index (χ1v) is 23.0. The van der Waals surface area contributed by atoms with Gasteiger partial charge in [0, 0.05) is 77.7 Å². The third-order valence-electron chi connectivity index (χ3n) is 9.40. The maximum atomic E-state index is 8.85. The number of alkyl halides is 1. The summed E-state index contributed by atoms with van der Waals surface area (Å²) in [5.41, 5.74) is 2.10. The van der Waals surface area contributed by atoms with Crippen molar-refractivity contribution in [2.45, 2.75) is 134 Å². The second kappa shape index (κ2) is 41.6. The van der Waals surface area contributed by atoms with Crippen LogP contribution in [0, 0.1) is 131 Å². The van der Waals surface area contributed by atoms with E-state index in [0.717, 1.165) is 74.4 Å². The maximum Gasteiger partial charge on any atom is 0.124 e. The molecule has 1 unspecified atom stereocenters. The van der Waals surface area contributed by atoms with Crippen molar-refractivity contribution in [1.82, 2.24) is 0 Å². The molecule has 0 aliphatic carbocycles. The normalized spacial score (nSPS) is 9.27. The van der Waals surface area contributed by atoms with Crippen molar-refractivity contribution >= 4 is 11.6 Å². The molecule has 0 saturated carbocycles. The molecule has 1 atom stereocenters. The van der Waals surface area contributed by atoms with Crippen molar-refractivity contribution in [1.29, 1.82) is 0 Å². The minimum absolute atomic E-state index is 0.222. The number of rotatable bonds is 29. The molecule has 0 saturated heterocycles. The first-order chi connectivity index (χ1) is 31.7. The first kappa shape index (κ1) is 53.4. The summed E-state index contributed by atoms with van der Waals surface area (Å²) < 4.78 is 17.3. The van der Waals surface area contributed by atoms with Gasteiger partial charge in [-0.05, 0) is 108 Å². The topological polar surface area (TPSA) is 47.9 Å². The fraction of sp³-hybridized carbons (Fsp3) is 0.424. The van der Waals surface area contributed by atoms with Gasteiger partial charge in [-0.1, -0.05) is 127 Å². The third kappa shape index (κ3) is 32.0. The molecule has 2 rings (SSSR count). The Hall–Kier alpha value is -6.75. The molecule has 0 aliphatic rings.